The molecule has 6 rings (SSSR count). The molecule has 0 bridgehead atoms. The zero-order valence-corrected chi connectivity index (χ0v) is 16.1. The fourth-order valence-corrected chi connectivity index (χ4v) is 5.14. The van der Waals surface area contributed by atoms with E-state index in [1.165, 1.54) is 43.6 Å². The van der Waals surface area contributed by atoms with Crippen molar-refractivity contribution in [2.45, 2.75) is 12.8 Å². The molecule has 0 amide bonds. The number of aromatic nitrogens is 2. The standard InChI is InChI=1S/C25H18N2S/c1-3-7-16(8-4-1)18-11-12-21-19(13-18)20-14-24-23(15-22(20)26-21)27-25(28-24)17-9-5-2-6-10-17/h1-10,13-15,26H,11-12H2. The van der Waals surface area contributed by atoms with E-state index in [0.29, 0.717) is 0 Å². The molecular weight excluding hydrogens is 360 g/mol. The van der Waals surface area contributed by atoms with E-state index in [4.69, 9.17) is 4.98 Å². The van der Waals surface area contributed by atoms with Crippen LogP contribution in [0.2, 0.25) is 0 Å². The maximum Gasteiger partial charge on any atom is 0.124 e. The fourth-order valence-electron chi connectivity index (χ4n) is 4.14. The lowest BCUT2D eigenvalue weighted by Gasteiger charge is -2.14. The van der Waals surface area contributed by atoms with Crippen molar-refractivity contribution < 1.29 is 0 Å². The third-order valence-corrected chi connectivity index (χ3v) is 6.62. The van der Waals surface area contributed by atoms with Gasteiger partial charge in [-0.05, 0) is 42.2 Å². The molecule has 3 heteroatoms. The SMILES string of the molecule is C1=C(c2ccccc2)CCc2[nH]c3cc4nc(-c5ccccc5)sc4cc3c21. The number of benzene rings is 3. The molecule has 1 N–H and O–H groups in total. The van der Waals surface area contributed by atoms with Crippen LogP contribution in [0.15, 0.2) is 72.8 Å². The van der Waals surface area contributed by atoms with Crippen LogP contribution in [0.1, 0.15) is 23.2 Å². The van der Waals surface area contributed by atoms with E-state index in [-0.39, 0.29) is 0 Å². The molecule has 1 aliphatic carbocycles. The second-order valence-corrected chi connectivity index (χ2v) is 8.33. The van der Waals surface area contributed by atoms with Crippen molar-refractivity contribution in [3.8, 4) is 10.6 Å². The summed E-state index contributed by atoms with van der Waals surface area (Å²) in [5, 5.41) is 2.39. The average Bonchev–Trinajstić information content (AvgIpc) is 3.33. The topological polar surface area (TPSA) is 28.7 Å². The number of rotatable bonds is 2. The molecule has 0 spiro atoms. The molecule has 2 aromatic heterocycles. The normalized spacial score (nSPS) is 13.6. The quantitative estimate of drug-likeness (QED) is 0.354. The van der Waals surface area contributed by atoms with E-state index < -0.39 is 0 Å². The Balaban J connectivity index is 1.51. The van der Waals surface area contributed by atoms with Gasteiger partial charge in [0.1, 0.15) is 5.01 Å². The molecule has 5 aromatic rings. The van der Waals surface area contributed by atoms with Crippen molar-refractivity contribution in [1.82, 2.24) is 9.97 Å². The molecule has 2 heterocycles. The summed E-state index contributed by atoms with van der Waals surface area (Å²) >= 11 is 1.77. The lowest BCUT2D eigenvalue weighted by Crippen LogP contribution is -1.97. The highest BCUT2D eigenvalue weighted by Gasteiger charge is 2.18. The van der Waals surface area contributed by atoms with Crippen molar-refractivity contribution in [2.75, 3.05) is 0 Å². The van der Waals surface area contributed by atoms with Crippen LogP contribution in [-0.4, -0.2) is 9.97 Å². The minimum Gasteiger partial charge on any atom is -0.358 e. The molecular formula is C25H18N2S. The highest BCUT2D eigenvalue weighted by molar-refractivity contribution is 7.21. The van der Waals surface area contributed by atoms with Crippen molar-refractivity contribution >= 4 is 44.1 Å². The largest absolute Gasteiger partial charge is 0.358 e. The van der Waals surface area contributed by atoms with Crippen LogP contribution >= 0.6 is 11.3 Å². The van der Waals surface area contributed by atoms with Gasteiger partial charge in [0.15, 0.2) is 0 Å². The first-order chi connectivity index (χ1) is 13.8. The molecule has 2 nitrogen and oxygen atoms in total. The molecule has 0 saturated carbocycles. The molecule has 0 saturated heterocycles. The summed E-state index contributed by atoms with van der Waals surface area (Å²) in [5.41, 5.74) is 8.87. The first kappa shape index (κ1) is 15.8. The Hall–Kier alpha value is -3.17. The Morgan fingerprint density at radius 1 is 0.821 bits per heavy atom. The number of aryl methyl sites for hydroxylation is 1. The smallest absolute Gasteiger partial charge is 0.124 e. The average molecular weight is 379 g/mol. The number of fused-ring (bicyclic) bond motifs is 4. The summed E-state index contributed by atoms with van der Waals surface area (Å²) in [7, 11) is 0. The Labute approximate surface area is 167 Å². The first-order valence-corrected chi connectivity index (χ1v) is 10.4. The predicted molar refractivity (Wildman–Crippen MR) is 120 cm³/mol. The fraction of sp³-hybridized carbons (Fsp3) is 0.0800. The van der Waals surface area contributed by atoms with E-state index >= 15 is 0 Å². The third-order valence-electron chi connectivity index (χ3n) is 5.56. The zero-order valence-electron chi connectivity index (χ0n) is 15.3. The number of nitrogens with one attached hydrogen (secondary N) is 1. The maximum absolute atomic E-state index is 4.88. The van der Waals surface area contributed by atoms with Crippen LogP contribution in [0.4, 0.5) is 0 Å². The Kier molecular flexibility index (Phi) is 3.50. The number of hydrogen-bond acceptors (Lipinski definition) is 2. The highest BCUT2D eigenvalue weighted by atomic mass is 32.1. The molecule has 0 atom stereocenters. The van der Waals surface area contributed by atoms with Crippen molar-refractivity contribution in [1.29, 1.82) is 0 Å². The van der Waals surface area contributed by atoms with Crippen molar-refractivity contribution in [2.24, 2.45) is 0 Å². The highest BCUT2D eigenvalue weighted by Crippen LogP contribution is 2.38. The van der Waals surface area contributed by atoms with Crippen LogP contribution in [0.5, 0.6) is 0 Å². The monoisotopic (exact) mass is 378 g/mol. The van der Waals surface area contributed by atoms with Crippen LogP contribution in [0.25, 0.3) is 43.3 Å². The van der Waals surface area contributed by atoms with Gasteiger partial charge < -0.3 is 4.98 Å². The summed E-state index contributed by atoms with van der Waals surface area (Å²) in [5.74, 6) is 0. The van der Waals surface area contributed by atoms with Crippen LogP contribution in [-0.2, 0) is 6.42 Å². The van der Waals surface area contributed by atoms with Crippen molar-refractivity contribution in [3.05, 3.63) is 89.6 Å². The summed E-state index contributed by atoms with van der Waals surface area (Å²) in [6, 6.07) is 25.7. The molecule has 0 radical (unpaired) electrons. The molecule has 0 unspecified atom stereocenters. The third kappa shape index (κ3) is 2.51. The number of aromatic amines is 1. The Morgan fingerprint density at radius 3 is 2.36 bits per heavy atom. The minimum atomic E-state index is 1.06. The van der Waals surface area contributed by atoms with Crippen LogP contribution in [0.3, 0.4) is 0 Å². The van der Waals surface area contributed by atoms with Crippen molar-refractivity contribution in [3.63, 3.8) is 0 Å². The zero-order chi connectivity index (χ0) is 18.5. The van der Waals surface area contributed by atoms with Gasteiger partial charge in [-0.1, -0.05) is 60.7 Å². The van der Waals surface area contributed by atoms with E-state index in [0.717, 1.165) is 23.4 Å². The summed E-state index contributed by atoms with van der Waals surface area (Å²) in [6.45, 7) is 0. The van der Waals surface area contributed by atoms with E-state index in [2.05, 4.69) is 77.8 Å². The Morgan fingerprint density at radius 2 is 1.57 bits per heavy atom. The van der Waals surface area contributed by atoms with Gasteiger partial charge in [-0.3, -0.25) is 0 Å². The lowest BCUT2D eigenvalue weighted by atomic mass is 9.91. The Bertz CT molecular complexity index is 1340. The number of nitrogens with zero attached hydrogens (tertiary/aromatic N) is 1. The summed E-state index contributed by atoms with van der Waals surface area (Å²) in [4.78, 5) is 8.53. The molecule has 0 fully saturated rings. The molecule has 3 aromatic carbocycles. The predicted octanol–water partition coefficient (Wildman–Crippen LogP) is 6.93. The van der Waals surface area contributed by atoms with Gasteiger partial charge in [-0.2, -0.15) is 0 Å². The number of allylic oxidation sites excluding steroid dienone is 1. The van der Waals surface area contributed by atoms with Gasteiger partial charge in [-0.25, -0.2) is 4.98 Å². The lowest BCUT2D eigenvalue weighted by molar-refractivity contribution is 0.964. The van der Waals surface area contributed by atoms with Gasteiger partial charge in [-0.15, -0.1) is 11.3 Å². The first-order valence-electron chi connectivity index (χ1n) is 9.62. The van der Waals surface area contributed by atoms with Crippen LogP contribution < -0.4 is 0 Å². The minimum absolute atomic E-state index is 1.06. The number of H-pyrrole nitrogens is 1. The molecule has 134 valence electrons. The van der Waals surface area contributed by atoms with Crippen LogP contribution in [0, 0.1) is 0 Å². The van der Waals surface area contributed by atoms with Gasteiger partial charge in [0.25, 0.3) is 0 Å². The number of hydrogen-bond donors (Lipinski definition) is 1. The molecule has 1 aliphatic rings. The molecule has 0 aliphatic heterocycles. The maximum atomic E-state index is 4.88. The summed E-state index contributed by atoms with van der Waals surface area (Å²) in [6.07, 6.45) is 4.51. The second-order valence-electron chi connectivity index (χ2n) is 7.30. The van der Waals surface area contributed by atoms with E-state index in [1.54, 1.807) is 11.3 Å². The number of thiazole rings is 1. The van der Waals surface area contributed by atoms with E-state index in [9.17, 15) is 0 Å². The van der Waals surface area contributed by atoms with E-state index in [1.807, 2.05) is 6.07 Å². The van der Waals surface area contributed by atoms with Gasteiger partial charge in [0.2, 0.25) is 0 Å². The van der Waals surface area contributed by atoms with Gasteiger partial charge >= 0.3 is 0 Å². The summed E-state index contributed by atoms with van der Waals surface area (Å²) < 4.78 is 1.24. The van der Waals surface area contributed by atoms with Gasteiger partial charge in [0.05, 0.1) is 10.2 Å². The molecule has 28 heavy (non-hydrogen) atoms. The van der Waals surface area contributed by atoms with Gasteiger partial charge in [0, 0.05) is 27.7 Å². The second kappa shape index (κ2) is 6.18.